The van der Waals surface area contributed by atoms with Crippen molar-refractivity contribution in [1.82, 2.24) is 4.90 Å². The number of likely N-dealkylation sites (tertiary alicyclic amines) is 1. The van der Waals surface area contributed by atoms with Crippen LogP contribution in [0.2, 0.25) is 0 Å². The number of carbonyl (C=O) groups excluding carboxylic acids is 2. The van der Waals surface area contributed by atoms with Crippen LogP contribution in [-0.4, -0.2) is 29.7 Å². The lowest BCUT2D eigenvalue weighted by Gasteiger charge is -2.23. The summed E-state index contributed by atoms with van der Waals surface area (Å²) >= 11 is 0. The van der Waals surface area contributed by atoms with Gasteiger partial charge in [-0.2, -0.15) is 5.26 Å². The molecule has 1 amide bonds. The van der Waals surface area contributed by atoms with Crippen LogP contribution in [0.4, 0.5) is 0 Å². The summed E-state index contributed by atoms with van der Waals surface area (Å²) in [6.45, 7) is 1.41. The van der Waals surface area contributed by atoms with Crippen molar-refractivity contribution in [2.45, 2.75) is 44.9 Å². The molecule has 2 bridgehead atoms. The molecule has 2 saturated carbocycles. The van der Waals surface area contributed by atoms with Crippen molar-refractivity contribution in [3.05, 3.63) is 0 Å². The van der Waals surface area contributed by atoms with Crippen LogP contribution in [-0.2, 0) is 9.59 Å². The van der Waals surface area contributed by atoms with Gasteiger partial charge < -0.3 is 4.90 Å². The number of fused-ring (bicyclic) bond motifs is 2. The summed E-state index contributed by atoms with van der Waals surface area (Å²) in [5.74, 6) is 0.466. The lowest BCUT2D eigenvalue weighted by Crippen LogP contribution is -2.37. The summed E-state index contributed by atoms with van der Waals surface area (Å²) in [6.07, 6.45) is 7.36. The molecule has 3 fully saturated rings. The van der Waals surface area contributed by atoms with Crippen molar-refractivity contribution in [2.75, 3.05) is 13.1 Å². The molecule has 3 aliphatic rings. The first kappa shape index (κ1) is 13.6. The molecule has 3 rings (SSSR count). The molecule has 2 aliphatic carbocycles. The van der Waals surface area contributed by atoms with Crippen molar-refractivity contribution in [3.8, 4) is 6.07 Å². The van der Waals surface area contributed by atoms with E-state index in [9.17, 15) is 14.9 Å². The van der Waals surface area contributed by atoms with Gasteiger partial charge in [0.25, 0.3) is 0 Å². The highest BCUT2D eigenvalue weighted by molar-refractivity contribution is 6.04. The monoisotopic (exact) mass is 274 g/mol. The number of ketones is 1. The Kier molecular flexibility index (Phi) is 3.78. The molecule has 20 heavy (non-hydrogen) atoms. The molecule has 0 unspecified atom stereocenters. The van der Waals surface area contributed by atoms with E-state index < -0.39 is 5.92 Å². The Hall–Kier alpha value is -1.37. The zero-order chi connectivity index (χ0) is 14.1. The van der Waals surface area contributed by atoms with Crippen molar-refractivity contribution in [1.29, 1.82) is 5.26 Å². The Balaban J connectivity index is 1.59. The fourth-order valence-electron chi connectivity index (χ4n) is 4.39. The summed E-state index contributed by atoms with van der Waals surface area (Å²) in [5.41, 5.74) is 0. The van der Waals surface area contributed by atoms with Crippen LogP contribution < -0.4 is 0 Å². The van der Waals surface area contributed by atoms with E-state index in [0.717, 1.165) is 25.2 Å². The van der Waals surface area contributed by atoms with E-state index in [4.69, 9.17) is 0 Å². The van der Waals surface area contributed by atoms with Crippen LogP contribution in [0.5, 0.6) is 0 Å². The molecule has 0 N–H and O–H groups in total. The van der Waals surface area contributed by atoms with Crippen LogP contribution in [0.15, 0.2) is 0 Å². The number of rotatable bonds is 4. The molecule has 4 atom stereocenters. The van der Waals surface area contributed by atoms with E-state index in [2.05, 4.69) is 0 Å². The number of carbonyl (C=O) groups is 2. The summed E-state index contributed by atoms with van der Waals surface area (Å²) in [7, 11) is 0. The number of Topliss-reactive ketones (excluding diaryl/α,β-unsaturated/α-hetero) is 1. The molecule has 108 valence electrons. The number of nitriles is 1. The number of nitrogens with zero attached hydrogens (tertiary/aromatic N) is 2. The molecule has 0 aromatic heterocycles. The minimum Gasteiger partial charge on any atom is -0.341 e. The predicted molar refractivity (Wildman–Crippen MR) is 73.5 cm³/mol. The van der Waals surface area contributed by atoms with Crippen molar-refractivity contribution < 1.29 is 9.59 Å². The molecule has 0 aromatic carbocycles. The number of hydrogen-bond acceptors (Lipinski definition) is 3. The van der Waals surface area contributed by atoms with Crippen LogP contribution in [0.3, 0.4) is 0 Å². The lowest BCUT2D eigenvalue weighted by molar-refractivity contribution is -0.138. The molecule has 1 heterocycles. The summed E-state index contributed by atoms with van der Waals surface area (Å²) in [4.78, 5) is 26.3. The maximum atomic E-state index is 12.3. The van der Waals surface area contributed by atoms with E-state index in [-0.39, 0.29) is 11.7 Å². The second-order valence-electron chi connectivity index (χ2n) is 6.70. The summed E-state index contributed by atoms with van der Waals surface area (Å²) < 4.78 is 0. The van der Waals surface area contributed by atoms with E-state index in [1.165, 1.54) is 19.3 Å². The van der Waals surface area contributed by atoms with Crippen molar-refractivity contribution in [2.24, 2.45) is 23.7 Å². The standard InChI is InChI=1S/C16H22N2O2/c17-10-14(16(20)18-5-1-2-6-18)15(19)9-13-8-11-3-4-12(13)7-11/h11-14H,1-9H2/t11-,12-,13-,14+/m0/s1. The van der Waals surface area contributed by atoms with Crippen LogP contribution >= 0.6 is 0 Å². The van der Waals surface area contributed by atoms with Gasteiger partial charge in [0.2, 0.25) is 5.91 Å². The van der Waals surface area contributed by atoms with E-state index >= 15 is 0 Å². The van der Waals surface area contributed by atoms with Gasteiger partial charge >= 0.3 is 0 Å². The Bertz CT molecular complexity index is 448. The second-order valence-corrected chi connectivity index (χ2v) is 6.70. The third-order valence-corrected chi connectivity index (χ3v) is 5.46. The van der Waals surface area contributed by atoms with Gasteiger partial charge in [0.15, 0.2) is 11.7 Å². The molecule has 4 nitrogen and oxygen atoms in total. The van der Waals surface area contributed by atoms with Gasteiger partial charge in [-0.3, -0.25) is 9.59 Å². The van der Waals surface area contributed by atoms with Crippen molar-refractivity contribution >= 4 is 11.7 Å². The van der Waals surface area contributed by atoms with Gasteiger partial charge in [0.05, 0.1) is 6.07 Å². The summed E-state index contributed by atoms with van der Waals surface area (Å²) in [6, 6.07) is 1.96. The molecule has 0 aromatic rings. The Labute approximate surface area is 120 Å². The highest BCUT2D eigenvalue weighted by Crippen LogP contribution is 2.49. The first-order valence-corrected chi connectivity index (χ1v) is 7.90. The Morgan fingerprint density at radius 2 is 1.95 bits per heavy atom. The number of amides is 1. The zero-order valence-electron chi connectivity index (χ0n) is 11.9. The maximum absolute atomic E-state index is 12.3. The van der Waals surface area contributed by atoms with E-state index in [1.54, 1.807) is 4.90 Å². The van der Waals surface area contributed by atoms with Crippen LogP contribution in [0.25, 0.3) is 0 Å². The van der Waals surface area contributed by atoms with Gasteiger partial charge in [-0.15, -0.1) is 0 Å². The largest absolute Gasteiger partial charge is 0.341 e. The van der Waals surface area contributed by atoms with Crippen molar-refractivity contribution in [3.63, 3.8) is 0 Å². The first-order valence-electron chi connectivity index (χ1n) is 7.90. The topological polar surface area (TPSA) is 61.2 Å². The molecular formula is C16H22N2O2. The van der Waals surface area contributed by atoms with Gasteiger partial charge in [-0.25, -0.2) is 0 Å². The minimum atomic E-state index is -1.05. The van der Waals surface area contributed by atoms with E-state index in [0.29, 0.717) is 31.3 Å². The molecule has 4 heteroatoms. The third kappa shape index (κ3) is 2.46. The maximum Gasteiger partial charge on any atom is 0.247 e. The highest BCUT2D eigenvalue weighted by atomic mass is 16.2. The second kappa shape index (κ2) is 5.55. The SMILES string of the molecule is N#C[C@H](C(=O)C[C@@H]1C[C@H]2CC[C@H]1C2)C(=O)N1CCCC1. The van der Waals surface area contributed by atoms with E-state index in [1.807, 2.05) is 6.07 Å². The van der Waals surface area contributed by atoms with Crippen LogP contribution in [0.1, 0.15) is 44.9 Å². The predicted octanol–water partition coefficient (Wildman–Crippen LogP) is 2.14. The lowest BCUT2D eigenvalue weighted by atomic mass is 9.83. The van der Waals surface area contributed by atoms with Gasteiger partial charge in [-0.1, -0.05) is 6.42 Å². The normalized spacial score (nSPS) is 33.1. The Morgan fingerprint density at radius 1 is 1.20 bits per heavy atom. The van der Waals surface area contributed by atoms with Gasteiger partial charge in [0.1, 0.15) is 0 Å². The summed E-state index contributed by atoms with van der Waals surface area (Å²) in [5, 5.41) is 9.21. The quantitative estimate of drug-likeness (QED) is 0.738. The molecule has 0 radical (unpaired) electrons. The third-order valence-electron chi connectivity index (χ3n) is 5.46. The fraction of sp³-hybridized carbons (Fsp3) is 0.812. The van der Waals surface area contributed by atoms with Crippen LogP contribution in [0, 0.1) is 35.0 Å². The average Bonchev–Trinajstić information content (AvgIpc) is 3.17. The average molecular weight is 274 g/mol. The Morgan fingerprint density at radius 3 is 2.50 bits per heavy atom. The fourth-order valence-corrected chi connectivity index (χ4v) is 4.39. The zero-order valence-corrected chi connectivity index (χ0v) is 11.9. The van der Waals surface area contributed by atoms with Gasteiger partial charge in [-0.05, 0) is 49.9 Å². The highest BCUT2D eigenvalue weighted by Gasteiger charge is 2.42. The molecular weight excluding hydrogens is 252 g/mol. The first-order chi connectivity index (χ1) is 9.69. The molecule has 1 aliphatic heterocycles. The van der Waals surface area contributed by atoms with Gasteiger partial charge in [0, 0.05) is 19.5 Å². The smallest absolute Gasteiger partial charge is 0.247 e. The molecule has 0 spiro atoms. The molecule has 1 saturated heterocycles. The number of hydrogen-bond donors (Lipinski definition) is 0. The minimum absolute atomic E-state index is 0.137.